The van der Waals surface area contributed by atoms with Crippen LogP contribution in [0.5, 0.6) is 0 Å². The van der Waals surface area contributed by atoms with E-state index < -0.39 is 18.3 Å². The van der Waals surface area contributed by atoms with Gasteiger partial charge in [-0.15, -0.1) is 0 Å². The smallest absolute Gasteiger partial charge is 0.394 e. The van der Waals surface area contributed by atoms with Crippen LogP contribution in [-0.4, -0.2) is 47.0 Å². The first-order valence-corrected chi connectivity index (χ1v) is 6.05. The van der Waals surface area contributed by atoms with Crippen molar-refractivity contribution >= 4 is 0 Å². The Labute approximate surface area is 98.8 Å². The molecule has 0 saturated heterocycles. The summed E-state index contributed by atoms with van der Waals surface area (Å²) in [5, 5.41) is 9.15. The molecule has 2 aliphatic carbocycles. The maximum Gasteiger partial charge on any atom is 0.401 e. The van der Waals surface area contributed by atoms with Gasteiger partial charge in [-0.25, -0.2) is 0 Å². The minimum absolute atomic E-state index is 0.0719. The van der Waals surface area contributed by atoms with E-state index in [4.69, 9.17) is 10.8 Å². The Morgan fingerprint density at radius 2 is 1.88 bits per heavy atom. The molecule has 0 radical (unpaired) electrons. The van der Waals surface area contributed by atoms with Crippen LogP contribution in [0.4, 0.5) is 13.2 Å². The van der Waals surface area contributed by atoms with Crippen molar-refractivity contribution in [3.8, 4) is 0 Å². The van der Waals surface area contributed by atoms with E-state index in [1.165, 1.54) is 0 Å². The fraction of sp³-hybridized carbons (Fsp3) is 1.00. The van der Waals surface area contributed by atoms with Crippen molar-refractivity contribution in [1.82, 2.24) is 4.90 Å². The average Bonchev–Trinajstić information content (AvgIpc) is 2.98. The number of hydrogen-bond acceptors (Lipinski definition) is 3. The number of nitrogens with two attached hydrogens (primary N) is 1. The highest BCUT2D eigenvalue weighted by atomic mass is 19.4. The molecule has 2 unspecified atom stereocenters. The molecule has 0 spiro atoms. The largest absolute Gasteiger partial charge is 0.401 e. The molecule has 17 heavy (non-hydrogen) atoms. The van der Waals surface area contributed by atoms with E-state index in [1.807, 2.05) is 0 Å². The normalized spacial score (nSPS) is 34.6. The number of rotatable bonds is 4. The van der Waals surface area contributed by atoms with Gasteiger partial charge in [0.25, 0.3) is 0 Å². The minimum atomic E-state index is -4.15. The monoisotopic (exact) mass is 252 g/mol. The Morgan fingerprint density at radius 3 is 2.29 bits per heavy atom. The third kappa shape index (κ3) is 3.33. The molecule has 0 bridgehead atoms. The van der Waals surface area contributed by atoms with Crippen molar-refractivity contribution in [1.29, 1.82) is 0 Å². The van der Waals surface area contributed by atoms with Crippen LogP contribution < -0.4 is 5.73 Å². The van der Waals surface area contributed by atoms with Crippen LogP contribution in [0.3, 0.4) is 0 Å². The summed E-state index contributed by atoms with van der Waals surface area (Å²) in [4.78, 5) is 1.55. The van der Waals surface area contributed by atoms with Crippen molar-refractivity contribution in [3.63, 3.8) is 0 Å². The molecular formula is C11H19F3N2O. The second kappa shape index (κ2) is 4.40. The van der Waals surface area contributed by atoms with E-state index in [-0.39, 0.29) is 18.7 Å². The molecule has 0 aromatic rings. The Hall–Kier alpha value is -0.330. The number of aliphatic hydroxyl groups is 1. The molecule has 2 rings (SSSR count). The van der Waals surface area contributed by atoms with Crippen molar-refractivity contribution < 1.29 is 18.3 Å². The summed E-state index contributed by atoms with van der Waals surface area (Å²) in [6, 6.07) is -0.0519. The molecule has 0 heterocycles. The summed E-state index contributed by atoms with van der Waals surface area (Å²) in [6.07, 6.45) is -0.719. The topological polar surface area (TPSA) is 49.5 Å². The highest BCUT2D eigenvalue weighted by molar-refractivity contribution is 5.00. The first kappa shape index (κ1) is 13.1. The van der Waals surface area contributed by atoms with Crippen molar-refractivity contribution in [3.05, 3.63) is 0 Å². The first-order chi connectivity index (χ1) is 7.83. The molecule has 2 saturated carbocycles. The first-order valence-electron chi connectivity index (χ1n) is 6.05. The molecule has 0 aromatic carbocycles. The maximum absolute atomic E-state index is 12.5. The zero-order chi connectivity index (χ0) is 12.7. The summed E-state index contributed by atoms with van der Waals surface area (Å²) in [7, 11) is 0. The van der Waals surface area contributed by atoms with Crippen molar-refractivity contribution in [2.75, 3.05) is 13.2 Å². The SMILES string of the molecule is NC1(CO)CCC(N(CC(F)(F)F)C2CC2)C1. The van der Waals surface area contributed by atoms with Gasteiger partial charge in [-0.05, 0) is 32.1 Å². The van der Waals surface area contributed by atoms with Crippen LogP contribution in [0.1, 0.15) is 32.1 Å². The summed E-state index contributed by atoms with van der Waals surface area (Å²) >= 11 is 0. The van der Waals surface area contributed by atoms with Gasteiger partial charge in [0.05, 0.1) is 13.2 Å². The average molecular weight is 252 g/mol. The summed E-state index contributed by atoms with van der Waals surface area (Å²) in [6.45, 7) is -0.988. The number of nitrogens with zero attached hydrogens (tertiary/aromatic N) is 1. The van der Waals surface area contributed by atoms with Crippen molar-refractivity contribution in [2.24, 2.45) is 5.73 Å². The van der Waals surface area contributed by atoms with Crippen LogP contribution >= 0.6 is 0 Å². The Kier molecular flexibility index (Phi) is 3.40. The molecule has 3 N–H and O–H groups in total. The number of aliphatic hydroxyl groups excluding tert-OH is 1. The molecule has 0 aromatic heterocycles. The minimum Gasteiger partial charge on any atom is -0.394 e. The number of halogens is 3. The lowest BCUT2D eigenvalue weighted by Gasteiger charge is -2.31. The number of alkyl halides is 3. The standard InChI is InChI=1S/C11H19F3N2O/c12-11(13,14)6-16(8-1-2-8)9-3-4-10(15,5-9)7-17/h8-9,17H,1-7,15H2. The van der Waals surface area contributed by atoms with E-state index in [0.717, 1.165) is 12.8 Å². The van der Waals surface area contributed by atoms with E-state index in [9.17, 15) is 13.2 Å². The Balaban J connectivity index is 1.98. The third-order valence-corrected chi connectivity index (χ3v) is 3.78. The number of hydrogen-bond donors (Lipinski definition) is 2. The van der Waals surface area contributed by atoms with Gasteiger partial charge in [0.15, 0.2) is 0 Å². The van der Waals surface area contributed by atoms with E-state index in [0.29, 0.717) is 19.3 Å². The fourth-order valence-corrected chi connectivity index (χ4v) is 2.72. The van der Waals surface area contributed by atoms with E-state index >= 15 is 0 Å². The predicted molar refractivity (Wildman–Crippen MR) is 57.4 cm³/mol. The van der Waals surface area contributed by atoms with Crippen LogP contribution in [-0.2, 0) is 0 Å². The van der Waals surface area contributed by atoms with Gasteiger partial charge in [0, 0.05) is 17.6 Å². The maximum atomic E-state index is 12.5. The fourth-order valence-electron chi connectivity index (χ4n) is 2.72. The molecule has 6 heteroatoms. The van der Waals surface area contributed by atoms with Crippen LogP contribution in [0.2, 0.25) is 0 Å². The van der Waals surface area contributed by atoms with Gasteiger partial charge in [-0.1, -0.05) is 0 Å². The Morgan fingerprint density at radius 1 is 1.24 bits per heavy atom. The lowest BCUT2D eigenvalue weighted by molar-refractivity contribution is -0.152. The second-order valence-electron chi connectivity index (χ2n) is 5.44. The molecule has 2 atom stereocenters. The molecule has 0 amide bonds. The molecule has 2 fully saturated rings. The molecule has 0 aliphatic heterocycles. The molecule has 2 aliphatic rings. The highest BCUT2D eigenvalue weighted by Crippen LogP contribution is 2.39. The lowest BCUT2D eigenvalue weighted by atomic mass is 10.0. The van der Waals surface area contributed by atoms with Gasteiger partial charge in [-0.2, -0.15) is 13.2 Å². The zero-order valence-electron chi connectivity index (χ0n) is 9.71. The van der Waals surface area contributed by atoms with Gasteiger partial charge in [-0.3, -0.25) is 4.90 Å². The summed E-state index contributed by atoms with van der Waals surface area (Å²) in [5.74, 6) is 0. The molecular weight excluding hydrogens is 233 g/mol. The predicted octanol–water partition coefficient (Wildman–Crippen LogP) is 1.26. The van der Waals surface area contributed by atoms with E-state index in [2.05, 4.69) is 0 Å². The summed E-state index contributed by atoms with van der Waals surface area (Å²) < 4.78 is 37.5. The van der Waals surface area contributed by atoms with Crippen LogP contribution in [0, 0.1) is 0 Å². The second-order valence-corrected chi connectivity index (χ2v) is 5.44. The molecule has 3 nitrogen and oxygen atoms in total. The van der Waals surface area contributed by atoms with Gasteiger partial charge in [0.2, 0.25) is 0 Å². The van der Waals surface area contributed by atoms with Crippen LogP contribution in [0.15, 0.2) is 0 Å². The zero-order valence-corrected chi connectivity index (χ0v) is 9.71. The van der Waals surface area contributed by atoms with Crippen LogP contribution in [0.25, 0.3) is 0 Å². The molecule has 100 valence electrons. The van der Waals surface area contributed by atoms with Gasteiger partial charge in [0.1, 0.15) is 0 Å². The lowest BCUT2D eigenvalue weighted by Crippen LogP contribution is -2.46. The summed E-state index contributed by atoms with van der Waals surface area (Å²) in [5.41, 5.74) is 5.24. The van der Waals surface area contributed by atoms with E-state index in [1.54, 1.807) is 4.90 Å². The Bertz CT molecular complexity index is 280. The highest BCUT2D eigenvalue weighted by Gasteiger charge is 2.46. The van der Waals surface area contributed by atoms with Gasteiger partial charge < -0.3 is 10.8 Å². The van der Waals surface area contributed by atoms with Crippen molar-refractivity contribution in [2.45, 2.75) is 55.9 Å². The quantitative estimate of drug-likeness (QED) is 0.792. The third-order valence-electron chi connectivity index (χ3n) is 3.78. The van der Waals surface area contributed by atoms with Gasteiger partial charge >= 0.3 is 6.18 Å².